The van der Waals surface area contributed by atoms with Crippen LogP contribution in [0, 0.1) is 6.92 Å². The van der Waals surface area contributed by atoms with Crippen molar-refractivity contribution in [2.24, 2.45) is 0 Å². The van der Waals surface area contributed by atoms with E-state index < -0.39 is 0 Å². The van der Waals surface area contributed by atoms with Crippen LogP contribution in [0.15, 0.2) is 35.3 Å². The largest absolute Gasteiger partial charge is 0.343 e. The summed E-state index contributed by atoms with van der Waals surface area (Å²) in [5.74, 6) is 0.0702. The van der Waals surface area contributed by atoms with Gasteiger partial charge in [0.2, 0.25) is 5.91 Å². The van der Waals surface area contributed by atoms with Gasteiger partial charge in [-0.15, -0.1) is 0 Å². The van der Waals surface area contributed by atoms with Crippen molar-refractivity contribution in [1.82, 2.24) is 14.7 Å². The number of carbonyl (C=O) groups is 1. The van der Waals surface area contributed by atoms with Gasteiger partial charge in [-0.05, 0) is 43.9 Å². The van der Waals surface area contributed by atoms with Gasteiger partial charge >= 0.3 is 0 Å². The van der Waals surface area contributed by atoms with E-state index in [-0.39, 0.29) is 16.5 Å². The molecular formula is C19H24ClN3O2. The predicted octanol–water partition coefficient (Wildman–Crippen LogP) is 3.39. The Morgan fingerprint density at radius 2 is 1.92 bits per heavy atom. The monoisotopic (exact) mass is 361 g/mol. The molecule has 0 bridgehead atoms. The number of hydrogen-bond donors (Lipinski definition) is 0. The Balaban J connectivity index is 2.11. The highest BCUT2D eigenvalue weighted by molar-refractivity contribution is 6.31. The summed E-state index contributed by atoms with van der Waals surface area (Å²) in [4.78, 5) is 25.9. The van der Waals surface area contributed by atoms with Crippen LogP contribution in [0.2, 0.25) is 5.02 Å². The molecule has 0 fully saturated rings. The van der Waals surface area contributed by atoms with Gasteiger partial charge in [0.15, 0.2) is 0 Å². The fraction of sp³-hybridized carbons (Fsp3) is 0.421. The van der Waals surface area contributed by atoms with Crippen molar-refractivity contribution in [3.8, 4) is 5.69 Å². The van der Waals surface area contributed by atoms with Gasteiger partial charge in [-0.25, -0.2) is 0 Å². The Labute approximate surface area is 153 Å². The number of halogens is 1. The van der Waals surface area contributed by atoms with E-state index in [9.17, 15) is 9.59 Å². The lowest BCUT2D eigenvalue weighted by Gasteiger charge is -2.20. The number of benzene rings is 1. The van der Waals surface area contributed by atoms with Crippen molar-refractivity contribution in [3.63, 3.8) is 0 Å². The maximum atomic E-state index is 12.5. The lowest BCUT2D eigenvalue weighted by molar-refractivity contribution is -0.128. The summed E-state index contributed by atoms with van der Waals surface area (Å²) in [6, 6.07) is 7.54. The zero-order valence-corrected chi connectivity index (χ0v) is 15.7. The minimum absolute atomic E-state index is 0.0702. The van der Waals surface area contributed by atoms with Crippen LogP contribution in [-0.2, 0) is 11.2 Å². The predicted molar refractivity (Wildman–Crippen MR) is 100 cm³/mol. The maximum absolute atomic E-state index is 12.5. The molecule has 2 rings (SSSR count). The fourth-order valence-electron chi connectivity index (χ4n) is 2.67. The van der Waals surface area contributed by atoms with E-state index in [1.54, 1.807) is 13.1 Å². The molecule has 0 radical (unpaired) electrons. The summed E-state index contributed by atoms with van der Waals surface area (Å²) < 4.78 is 1.31. The number of nitrogens with zero attached hydrogens (tertiary/aromatic N) is 3. The highest BCUT2D eigenvalue weighted by Crippen LogP contribution is 2.14. The molecule has 134 valence electrons. The van der Waals surface area contributed by atoms with Crippen molar-refractivity contribution in [3.05, 3.63) is 57.0 Å². The van der Waals surface area contributed by atoms with E-state index in [0.717, 1.165) is 30.5 Å². The molecule has 0 N–H and O–H groups in total. The zero-order valence-electron chi connectivity index (χ0n) is 15.0. The topological polar surface area (TPSA) is 55.2 Å². The van der Waals surface area contributed by atoms with Crippen LogP contribution in [0.3, 0.4) is 0 Å². The van der Waals surface area contributed by atoms with Gasteiger partial charge in [0, 0.05) is 20.0 Å². The number of aromatic nitrogens is 2. The summed E-state index contributed by atoms with van der Waals surface area (Å²) in [5, 5.41) is 4.44. The molecule has 0 saturated heterocycles. The number of aryl methyl sites for hydroxylation is 2. The molecule has 0 aliphatic rings. The molecule has 0 spiro atoms. The van der Waals surface area contributed by atoms with Crippen molar-refractivity contribution in [1.29, 1.82) is 0 Å². The average Bonchev–Trinajstić information content (AvgIpc) is 2.59. The molecular weight excluding hydrogens is 338 g/mol. The minimum Gasteiger partial charge on any atom is -0.343 e. The quantitative estimate of drug-likeness (QED) is 0.759. The standard InChI is InChI=1S/C19H24ClN3O2/c1-4-11-22(15(3)24)12-5-6-16-13-21-23(19(25)18(16)20)17-9-7-14(2)8-10-17/h7-10,13H,4-6,11-12H2,1-3H3. The molecule has 0 saturated carbocycles. The summed E-state index contributed by atoms with van der Waals surface area (Å²) in [6.45, 7) is 7.00. The first-order valence-corrected chi connectivity index (χ1v) is 8.91. The summed E-state index contributed by atoms with van der Waals surface area (Å²) in [5.41, 5.74) is 2.20. The molecule has 1 amide bonds. The van der Waals surface area contributed by atoms with Crippen molar-refractivity contribution < 1.29 is 4.79 Å². The molecule has 0 atom stereocenters. The van der Waals surface area contributed by atoms with Crippen LogP contribution < -0.4 is 5.56 Å². The van der Waals surface area contributed by atoms with E-state index in [0.29, 0.717) is 18.7 Å². The Morgan fingerprint density at radius 1 is 1.24 bits per heavy atom. The third-order valence-electron chi connectivity index (χ3n) is 4.08. The Kier molecular flexibility index (Phi) is 6.76. The van der Waals surface area contributed by atoms with Gasteiger partial charge in [-0.3, -0.25) is 9.59 Å². The summed E-state index contributed by atoms with van der Waals surface area (Å²) in [6.07, 6.45) is 3.92. The highest BCUT2D eigenvalue weighted by atomic mass is 35.5. The number of hydrogen-bond acceptors (Lipinski definition) is 3. The molecule has 5 nitrogen and oxygen atoms in total. The average molecular weight is 362 g/mol. The van der Waals surface area contributed by atoms with Crippen LogP contribution in [0.4, 0.5) is 0 Å². The van der Waals surface area contributed by atoms with E-state index in [4.69, 9.17) is 11.6 Å². The van der Waals surface area contributed by atoms with Crippen molar-refractivity contribution in [2.45, 2.75) is 40.0 Å². The SMILES string of the molecule is CCCN(CCCc1cnn(-c2ccc(C)cc2)c(=O)c1Cl)C(C)=O. The molecule has 0 unspecified atom stereocenters. The zero-order chi connectivity index (χ0) is 18.4. The van der Waals surface area contributed by atoms with Crippen molar-refractivity contribution >= 4 is 17.5 Å². The lowest BCUT2D eigenvalue weighted by atomic mass is 10.1. The van der Waals surface area contributed by atoms with Crippen LogP contribution >= 0.6 is 11.6 Å². The number of carbonyl (C=O) groups excluding carboxylic acids is 1. The molecule has 2 aromatic rings. The number of amides is 1. The van der Waals surface area contributed by atoms with Gasteiger partial charge in [0.25, 0.3) is 5.56 Å². The summed E-state index contributed by atoms with van der Waals surface area (Å²) in [7, 11) is 0. The van der Waals surface area contributed by atoms with Gasteiger partial charge in [0.1, 0.15) is 5.02 Å². The third kappa shape index (κ3) is 4.92. The second kappa shape index (κ2) is 8.81. The van der Waals surface area contributed by atoms with E-state index >= 15 is 0 Å². The first-order valence-electron chi connectivity index (χ1n) is 8.53. The molecule has 1 heterocycles. The Morgan fingerprint density at radius 3 is 2.52 bits per heavy atom. The molecule has 25 heavy (non-hydrogen) atoms. The molecule has 6 heteroatoms. The van der Waals surface area contributed by atoms with Crippen LogP contribution in [0.5, 0.6) is 0 Å². The van der Waals surface area contributed by atoms with E-state index in [1.165, 1.54) is 4.68 Å². The van der Waals surface area contributed by atoms with Gasteiger partial charge in [-0.2, -0.15) is 9.78 Å². The first kappa shape index (κ1) is 19.2. The molecule has 0 aliphatic carbocycles. The molecule has 0 aliphatic heterocycles. The lowest BCUT2D eigenvalue weighted by Crippen LogP contribution is -2.31. The number of rotatable bonds is 7. The van der Waals surface area contributed by atoms with Crippen LogP contribution in [0.1, 0.15) is 37.8 Å². The normalized spacial score (nSPS) is 10.7. The maximum Gasteiger partial charge on any atom is 0.290 e. The smallest absolute Gasteiger partial charge is 0.290 e. The third-order valence-corrected chi connectivity index (χ3v) is 4.49. The minimum atomic E-state index is -0.319. The van der Waals surface area contributed by atoms with Gasteiger partial charge < -0.3 is 4.90 Å². The van der Waals surface area contributed by atoms with E-state index in [2.05, 4.69) is 5.10 Å². The highest BCUT2D eigenvalue weighted by Gasteiger charge is 2.12. The second-order valence-corrected chi connectivity index (χ2v) is 6.52. The Hall–Kier alpha value is -2.14. The van der Waals surface area contributed by atoms with Crippen molar-refractivity contribution in [2.75, 3.05) is 13.1 Å². The molecule has 1 aromatic heterocycles. The van der Waals surface area contributed by atoms with E-state index in [1.807, 2.05) is 43.0 Å². The molecule has 1 aromatic carbocycles. The van der Waals surface area contributed by atoms with Crippen LogP contribution in [-0.4, -0.2) is 33.7 Å². The fourth-order valence-corrected chi connectivity index (χ4v) is 2.89. The van der Waals surface area contributed by atoms with Crippen LogP contribution in [0.25, 0.3) is 5.69 Å². The van der Waals surface area contributed by atoms with Gasteiger partial charge in [0.05, 0.1) is 11.9 Å². The van der Waals surface area contributed by atoms with Gasteiger partial charge in [-0.1, -0.05) is 36.2 Å². The second-order valence-electron chi connectivity index (χ2n) is 6.15. The first-order chi connectivity index (χ1) is 11.9. The summed E-state index contributed by atoms with van der Waals surface area (Å²) >= 11 is 6.26. The Bertz CT molecular complexity index is 784.